The van der Waals surface area contributed by atoms with E-state index in [9.17, 15) is 0 Å². The summed E-state index contributed by atoms with van der Waals surface area (Å²) in [6.07, 6.45) is 21.9. The SMILES string of the molecule is C=CC(C)CC.C=CCC.CC=CCC.CCC.CCC.CCC(C)CC.CCCC.CCCC. The standard InChI is InChI=1S/C6H14.C6H12.C5H10.2C4H10.C4H8.2C3H8/c2*1-4-6(3)5-2;1-3-5-4-2;3*1-3-4-2;2*1-3-2/h6H,4-5H2,1-3H3;4,6H,1,5H2,2-3H3;3,5H,4H2,1-2H3;2*3-4H2,1-2H3;3H,1,4H2,2H3;2*3H2,1-2H3. The third-order valence-electron chi connectivity index (χ3n) is 4.20. The lowest BCUT2D eigenvalue weighted by molar-refractivity contribution is 0.544. The molecule has 0 N–H and O–H groups in total. The first-order chi connectivity index (χ1) is 16.6. The molecule has 1 unspecified atom stereocenters. The molecule has 0 rings (SSSR count). The molecule has 0 aromatic rings. The summed E-state index contributed by atoms with van der Waals surface area (Å²) in [4.78, 5) is 0. The highest BCUT2D eigenvalue weighted by atomic mass is 13.9. The van der Waals surface area contributed by atoms with Crippen molar-refractivity contribution in [1.29, 1.82) is 0 Å². The predicted octanol–water partition coefficient (Wildman–Crippen LogP) is 14.7. The van der Waals surface area contributed by atoms with Crippen molar-refractivity contribution in [2.45, 2.75) is 181 Å². The van der Waals surface area contributed by atoms with Gasteiger partial charge in [0.1, 0.15) is 0 Å². The van der Waals surface area contributed by atoms with E-state index in [2.05, 4.69) is 129 Å². The molecule has 1 atom stereocenters. The Morgan fingerprint density at radius 1 is 0.543 bits per heavy atom. The largest absolute Gasteiger partial charge is 0.103 e. The summed E-state index contributed by atoms with van der Waals surface area (Å²) in [6.45, 7) is 41.6. The third-order valence-corrected chi connectivity index (χ3v) is 4.20. The van der Waals surface area contributed by atoms with E-state index in [1.165, 1.54) is 57.8 Å². The van der Waals surface area contributed by atoms with E-state index in [-0.39, 0.29) is 0 Å². The van der Waals surface area contributed by atoms with E-state index in [0.29, 0.717) is 5.92 Å². The van der Waals surface area contributed by atoms with Crippen molar-refractivity contribution < 1.29 is 0 Å². The summed E-state index contributed by atoms with van der Waals surface area (Å²) in [5.74, 6) is 1.63. The van der Waals surface area contributed by atoms with Gasteiger partial charge >= 0.3 is 0 Å². The van der Waals surface area contributed by atoms with E-state index in [1.807, 2.05) is 19.1 Å². The molecule has 0 aliphatic rings. The number of allylic oxidation sites excluding steroid dienone is 4. The monoisotopic (exact) mass is 501 g/mol. The molecular weight excluding hydrogens is 420 g/mol. The van der Waals surface area contributed by atoms with Crippen molar-refractivity contribution in [2.75, 3.05) is 0 Å². The van der Waals surface area contributed by atoms with Gasteiger partial charge in [-0.2, -0.15) is 0 Å². The Bertz CT molecular complexity index is 247. The van der Waals surface area contributed by atoms with Crippen molar-refractivity contribution in [3.8, 4) is 0 Å². The van der Waals surface area contributed by atoms with Gasteiger partial charge in [0.15, 0.2) is 0 Å². The quantitative estimate of drug-likeness (QED) is 0.291. The summed E-state index contributed by atoms with van der Waals surface area (Å²) in [7, 11) is 0. The van der Waals surface area contributed by atoms with Crippen molar-refractivity contribution in [3.63, 3.8) is 0 Å². The van der Waals surface area contributed by atoms with E-state index in [0.717, 1.165) is 18.8 Å². The Labute approximate surface area is 230 Å². The lowest BCUT2D eigenvalue weighted by atomic mass is 10.1. The molecule has 0 saturated heterocycles. The van der Waals surface area contributed by atoms with Crippen LogP contribution in [-0.2, 0) is 0 Å². The van der Waals surface area contributed by atoms with Gasteiger partial charge in [0.2, 0.25) is 0 Å². The summed E-state index contributed by atoms with van der Waals surface area (Å²) in [5.41, 5.74) is 0. The van der Waals surface area contributed by atoms with Gasteiger partial charge in [0.25, 0.3) is 0 Å². The Morgan fingerprint density at radius 2 is 0.829 bits per heavy atom. The Hall–Kier alpha value is -0.780. The molecule has 0 aromatic carbocycles. The van der Waals surface area contributed by atoms with E-state index in [4.69, 9.17) is 0 Å². The van der Waals surface area contributed by atoms with E-state index < -0.39 is 0 Å². The van der Waals surface area contributed by atoms with Crippen LogP contribution in [0.2, 0.25) is 0 Å². The van der Waals surface area contributed by atoms with Gasteiger partial charge in [-0.1, -0.05) is 186 Å². The second-order valence-electron chi connectivity index (χ2n) is 8.63. The van der Waals surface area contributed by atoms with Crippen LogP contribution in [-0.4, -0.2) is 0 Å². The maximum absolute atomic E-state index is 3.63. The highest BCUT2D eigenvalue weighted by molar-refractivity contribution is 4.73. The van der Waals surface area contributed by atoms with Crippen LogP contribution in [0, 0.1) is 11.8 Å². The lowest BCUT2D eigenvalue weighted by Crippen LogP contribution is -1.85. The molecule has 0 heteroatoms. The zero-order chi connectivity index (χ0) is 29.8. The van der Waals surface area contributed by atoms with Crippen LogP contribution in [0.4, 0.5) is 0 Å². The fourth-order valence-corrected chi connectivity index (χ4v) is 0.691. The first kappa shape index (κ1) is 54.9. The molecule has 0 heterocycles. The molecule has 0 saturated carbocycles. The molecule has 0 aliphatic heterocycles. The molecule has 0 fully saturated rings. The fourth-order valence-electron chi connectivity index (χ4n) is 0.691. The molecule has 35 heavy (non-hydrogen) atoms. The maximum atomic E-state index is 3.63. The second kappa shape index (κ2) is 84.4. The highest BCUT2D eigenvalue weighted by Gasteiger charge is 1.88. The topological polar surface area (TPSA) is 0 Å². The van der Waals surface area contributed by atoms with Crippen LogP contribution >= 0.6 is 0 Å². The first-order valence-electron chi connectivity index (χ1n) is 15.4. The highest BCUT2D eigenvalue weighted by Crippen LogP contribution is 2.02. The minimum absolute atomic E-state index is 0.699. The molecule has 0 aliphatic carbocycles. The number of rotatable bonds is 8. The molecule has 220 valence electrons. The molecule has 0 radical (unpaired) electrons. The fraction of sp³-hybridized carbons (Fsp3) is 0.829. The van der Waals surface area contributed by atoms with Crippen molar-refractivity contribution in [1.82, 2.24) is 0 Å². The summed E-state index contributed by atoms with van der Waals surface area (Å²) in [6, 6.07) is 0. The Kier molecular flexibility index (Phi) is 132. The molecule has 0 bridgehead atoms. The summed E-state index contributed by atoms with van der Waals surface area (Å²) in [5, 5.41) is 0. The van der Waals surface area contributed by atoms with Crippen LogP contribution in [0.5, 0.6) is 0 Å². The van der Waals surface area contributed by atoms with Gasteiger partial charge in [0.05, 0.1) is 0 Å². The third kappa shape index (κ3) is 217. The maximum Gasteiger partial charge on any atom is -0.0267 e. The summed E-state index contributed by atoms with van der Waals surface area (Å²) < 4.78 is 0. The predicted molar refractivity (Wildman–Crippen MR) is 178 cm³/mol. The van der Waals surface area contributed by atoms with E-state index in [1.54, 1.807) is 0 Å². The van der Waals surface area contributed by atoms with Crippen LogP contribution in [0.15, 0.2) is 37.5 Å². The van der Waals surface area contributed by atoms with Gasteiger partial charge in [-0.3, -0.25) is 0 Å². The van der Waals surface area contributed by atoms with Crippen LogP contribution in [0.25, 0.3) is 0 Å². The molecule has 0 nitrogen and oxygen atoms in total. The molecule has 0 spiro atoms. The van der Waals surface area contributed by atoms with Gasteiger partial charge in [-0.15, -0.1) is 13.2 Å². The second-order valence-corrected chi connectivity index (χ2v) is 8.63. The number of hydrogen-bond acceptors (Lipinski definition) is 0. The smallest absolute Gasteiger partial charge is 0.0267 e. The van der Waals surface area contributed by atoms with Gasteiger partial charge in [-0.05, 0) is 31.6 Å². The number of hydrogen-bond donors (Lipinski definition) is 0. The van der Waals surface area contributed by atoms with Crippen LogP contribution in [0.1, 0.15) is 181 Å². The number of unbranched alkanes of at least 4 members (excludes halogenated alkanes) is 2. The Morgan fingerprint density at radius 3 is 0.829 bits per heavy atom. The van der Waals surface area contributed by atoms with Crippen molar-refractivity contribution in [3.05, 3.63) is 37.5 Å². The molecular formula is C35H80. The first-order valence-corrected chi connectivity index (χ1v) is 15.4. The molecule has 0 aromatic heterocycles. The van der Waals surface area contributed by atoms with Gasteiger partial charge in [-0.25, -0.2) is 0 Å². The molecule has 0 amide bonds. The van der Waals surface area contributed by atoms with Crippen LogP contribution < -0.4 is 0 Å². The average Bonchev–Trinajstić information content (AvgIpc) is 2.90. The van der Waals surface area contributed by atoms with Gasteiger partial charge in [0, 0.05) is 0 Å². The van der Waals surface area contributed by atoms with Crippen molar-refractivity contribution >= 4 is 0 Å². The average molecular weight is 501 g/mol. The minimum Gasteiger partial charge on any atom is -0.103 e. The van der Waals surface area contributed by atoms with Crippen molar-refractivity contribution in [2.24, 2.45) is 11.8 Å². The zero-order valence-corrected chi connectivity index (χ0v) is 28.7. The van der Waals surface area contributed by atoms with Crippen LogP contribution in [0.3, 0.4) is 0 Å². The lowest BCUT2D eigenvalue weighted by Gasteiger charge is -1.98. The summed E-state index contributed by atoms with van der Waals surface area (Å²) >= 11 is 0. The van der Waals surface area contributed by atoms with Gasteiger partial charge < -0.3 is 0 Å². The zero-order valence-electron chi connectivity index (χ0n) is 28.7. The Balaban J connectivity index is -0.0000000402. The minimum atomic E-state index is 0.699. The van der Waals surface area contributed by atoms with E-state index >= 15 is 0 Å². The normalized spacial score (nSPS) is 8.94.